The summed E-state index contributed by atoms with van der Waals surface area (Å²) in [6, 6.07) is 0.859. The molecule has 0 spiro atoms. The summed E-state index contributed by atoms with van der Waals surface area (Å²) in [5.41, 5.74) is 0. The van der Waals surface area contributed by atoms with Gasteiger partial charge in [0.05, 0.1) is 6.61 Å². The van der Waals surface area contributed by atoms with Crippen molar-refractivity contribution in [3.8, 4) is 0 Å². The van der Waals surface area contributed by atoms with Gasteiger partial charge in [0, 0.05) is 31.2 Å². The number of ether oxygens (including phenoxy) is 1. The van der Waals surface area contributed by atoms with Crippen LogP contribution in [0.5, 0.6) is 0 Å². The first kappa shape index (κ1) is 9.36. The molecule has 66 valence electrons. The smallest absolute Gasteiger partial charge is 0.0552 e. The summed E-state index contributed by atoms with van der Waals surface area (Å²) < 4.78 is 4.94. The SMILES string of the molecule is COCCSCCNC1CC1. The Morgan fingerprint density at radius 2 is 2.27 bits per heavy atom. The zero-order valence-electron chi connectivity index (χ0n) is 7.14. The summed E-state index contributed by atoms with van der Waals surface area (Å²) in [4.78, 5) is 0. The van der Waals surface area contributed by atoms with E-state index < -0.39 is 0 Å². The number of thioether (sulfide) groups is 1. The normalized spacial score (nSPS) is 17.2. The van der Waals surface area contributed by atoms with Gasteiger partial charge >= 0.3 is 0 Å². The number of methoxy groups -OCH3 is 1. The maximum atomic E-state index is 4.94. The van der Waals surface area contributed by atoms with E-state index in [1.165, 1.54) is 25.1 Å². The molecule has 1 rings (SSSR count). The molecule has 1 aliphatic carbocycles. The molecule has 0 unspecified atom stereocenters. The molecule has 0 bridgehead atoms. The van der Waals surface area contributed by atoms with Crippen LogP contribution in [0.25, 0.3) is 0 Å². The van der Waals surface area contributed by atoms with E-state index in [1.807, 2.05) is 11.8 Å². The topological polar surface area (TPSA) is 21.3 Å². The molecule has 0 aromatic carbocycles. The van der Waals surface area contributed by atoms with Crippen molar-refractivity contribution in [2.24, 2.45) is 0 Å². The summed E-state index contributed by atoms with van der Waals surface area (Å²) in [5.74, 6) is 2.35. The minimum absolute atomic E-state index is 0.859. The van der Waals surface area contributed by atoms with Crippen LogP contribution in [0.3, 0.4) is 0 Å². The van der Waals surface area contributed by atoms with Gasteiger partial charge in [-0.25, -0.2) is 0 Å². The Morgan fingerprint density at radius 3 is 2.91 bits per heavy atom. The second kappa shape index (κ2) is 5.86. The van der Waals surface area contributed by atoms with Crippen LogP contribution in [0, 0.1) is 0 Å². The van der Waals surface area contributed by atoms with E-state index in [4.69, 9.17) is 4.74 Å². The fourth-order valence-electron chi connectivity index (χ4n) is 0.867. The Bertz CT molecular complexity index is 96.1. The molecule has 0 aromatic heterocycles. The van der Waals surface area contributed by atoms with E-state index in [0.717, 1.165) is 18.4 Å². The van der Waals surface area contributed by atoms with Gasteiger partial charge < -0.3 is 10.1 Å². The monoisotopic (exact) mass is 175 g/mol. The quantitative estimate of drug-likeness (QED) is 0.586. The van der Waals surface area contributed by atoms with Gasteiger partial charge in [-0.3, -0.25) is 0 Å². The Morgan fingerprint density at radius 1 is 1.45 bits per heavy atom. The lowest BCUT2D eigenvalue weighted by atomic mass is 10.6. The minimum Gasteiger partial charge on any atom is -0.384 e. The van der Waals surface area contributed by atoms with E-state index in [9.17, 15) is 0 Å². The van der Waals surface area contributed by atoms with Crippen molar-refractivity contribution in [3.05, 3.63) is 0 Å². The highest BCUT2D eigenvalue weighted by molar-refractivity contribution is 7.99. The van der Waals surface area contributed by atoms with Crippen LogP contribution in [-0.4, -0.2) is 37.8 Å². The molecule has 3 heteroatoms. The Balaban J connectivity index is 1.66. The maximum Gasteiger partial charge on any atom is 0.0552 e. The fourth-order valence-corrected chi connectivity index (χ4v) is 1.62. The maximum absolute atomic E-state index is 4.94. The second-order valence-corrected chi connectivity index (χ2v) is 4.06. The van der Waals surface area contributed by atoms with Crippen molar-refractivity contribution in [1.29, 1.82) is 0 Å². The molecule has 0 atom stereocenters. The number of hydrogen-bond donors (Lipinski definition) is 1. The van der Waals surface area contributed by atoms with Crippen LogP contribution in [-0.2, 0) is 4.74 Å². The summed E-state index contributed by atoms with van der Waals surface area (Å²) in [6.07, 6.45) is 2.78. The largest absolute Gasteiger partial charge is 0.384 e. The summed E-state index contributed by atoms with van der Waals surface area (Å²) >= 11 is 1.96. The van der Waals surface area contributed by atoms with E-state index in [-0.39, 0.29) is 0 Å². The van der Waals surface area contributed by atoms with E-state index >= 15 is 0 Å². The third-order valence-corrected chi connectivity index (χ3v) is 2.64. The average molecular weight is 175 g/mol. The van der Waals surface area contributed by atoms with Crippen LogP contribution in [0.4, 0.5) is 0 Å². The van der Waals surface area contributed by atoms with Crippen LogP contribution in [0.1, 0.15) is 12.8 Å². The van der Waals surface area contributed by atoms with Gasteiger partial charge in [-0.2, -0.15) is 11.8 Å². The van der Waals surface area contributed by atoms with Crippen molar-refractivity contribution >= 4 is 11.8 Å². The molecule has 2 nitrogen and oxygen atoms in total. The predicted octanol–water partition coefficient (Wildman–Crippen LogP) is 1.12. The van der Waals surface area contributed by atoms with Gasteiger partial charge in [-0.1, -0.05) is 0 Å². The minimum atomic E-state index is 0.859. The lowest BCUT2D eigenvalue weighted by molar-refractivity contribution is 0.218. The lowest BCUT2D eigenvalue weighted by Crippen LogP contribution is -2.19. The highest BCUT2D eigenvalue weighted by Gasteiger charge is 2.19. The average Bonchev–Trinajstić information content (AvgIpc) is 2.80. The molecule has 11 heavy (non-hydrogen) atoms. The van der Waals surface area contributed by atoms with E-state index in [1.54, 1.807) is 7.11 Å². The van der Waals surface area contributed by atoms with E-state index in [2.05, 4.69) is 5.32 Å². The molecule has 0 aromatic rings. The van der Waals surface area contributed by atoms with Crippen molar-refractivity contribution in [2.45, 2.75) is 18.9 Å². The summed E-state index contributed by atoms with van der Waals surface area (Å²) in [5, 5.41) is 3.47. The molecule has 1 aliphatic rings. The first-order valence-electron chi connectivity index (χ1n) is 4.23. The molecule has 0 radical (unpaired) electrons. The Labute approximate surface area is 73.1 Å². The van der Waals surface area contributed by atoms with Crippen molar-refractivity contribution < 1.29 is 4.74 Å². The molecule has 0 aliphatic heterocycles. The van der Waals surface area contributed by atoms with Gasteiger partial charge in [0.2, 0.25) is 0 Å². The lowest BCUT2D eigenvalue weighted by Gasteiger charge is -2.01. The van der Waals surface area contributed by atoms with Gasteiger partial charge in [-0.05, 0) is 12.8 Å². The van der Waals surface area contributed by atoms with Gasteiger partial charge in [0.25, 0.3) is 0 Å². The van der Waals surface area contributed by atoms with E-state index in [0.29, 0.717) is 0 Å². The van der Waals surface area contributed by atoms with Crippen molar-refractivity contribution in [1.82, 2.24) is 5.32 Å². The molecule has 1 N–H and O–H groups in total. The third-order valence-electron chi connectivity index (χ3n) is 1.69. The molecule has 1 saturated carbocycles. The summed E-state index contributed by atoms with van der Waals surface area (Å²) in [7, 11) is 1.75. The molecule has 0 heterocycles. The van der Waals surface area contributed by atoms with Gasteiger partial charge in [0.15, 0.2) is 0 Å². The second-order valence-electron chi connectivity index (χ2n) is 2.83. The van der Waals surface area contributed by atoms with Crippen molar-refractivity contribution in [2.75, 3.05) is 31.8 Å². The van der Waals surface area contributed by atoms with Gasteiger partial charge in [0.1, 0.15) is 0 Å². The predicted molar refractivity (Wildman–Crippen MR) is 50.2 cm³/mol. The number of rotatable bonds is 7. The molecular formula is C8H17NOS. The van der Waals surface area contributed by atoms with Crippen LogP contribution in [0.2, 0.25) is 0 Å². The molecule has 0 amide bonds. The van der Waals surface area contributed by atoms with Crippen molar-refractivity contribution in [3.63, 3.8) is 0 Å². The Hall–Kier alpha value is 0.270. The first-order chi connectivity index (χ1) is 5.43. The third kappa shape index (κ3) is 5.53. The summed E-state index contributed by atoms with van der Waals surface area (Å²) in [6.45, 7) is 2.05. The zero-order valence-corrected chi connectivity index (χ0v) is 7.95. The van der Waals surface area contributed by atoms with Crippen LogP contribution < -0.4 is 5.32 Å². The molecular weight excluding hydrogens is 158 g/mol. The Kier molecular flexibility index (Phi) is 4.99. The fraction of sp³-hybridized carbons (Fsp3) is 1.00. The zero-order chi connectivity index (χ0) is 7.94. The highest BCUT2D eigenvalue weighted by Crippen LogP contribution is 2.18. The highest BCUT2D eigenvalue weighted by atomic mass is 32.2. The van der Waals surface area contributed by atoms with Crippen LogP contribution in [0.15, 0.2) is 0 Å². The number of nitrogens with one attached hydrogen (secondary N) is 1. The first-order valence-corrected chi connectivity index (χ1v) is 5.39. The molecule has 1 fully saturated rings. The van der Waals surface area contributed by atoms with Gasteiger partial charge in [-0.15, -0.1) is 0 Å². The standard InChI is InChI=1S/C8H17NOS/c1-10-5-7-11-6-4-9-8-2-3-8/h8-9H,2-7H2,1H3. The molecule has 0 saturated heterocycles. The van der Waals surface area contributed by atoms with Crippen LogP contribution >= 0.6 is 11.8 Å². The number of hydrogen-bond acceptors (Lipinski definition) is 3.